The molecule has 120 valence electrons. The largest absolute Gasteiger partial charge is 0.480 e. The Kier molecular flexibility index (Phi) is 6.88. The first kappa shape index (κ1) is 17.5. The number of amides is 2. The van der Waals surface area contributed by atoms with Crippen LogP contribution in [0.1, 0.15) is 26.0 Å². The number of carbonyl (C=O) groups excluding carboxylic acids is 2. The Morgan fingerprint density at radius 2 is 2.09 bits per heavy atom. The van der Waals surface area contributed by atoms with Gasteiger partial charge in [0.05, 0.1) is 12.8 Å². The van der Waals surface area contributed by atoms with Gasteiger partial charge in [-0.15, -0.1) is 0 Å². The van der Waals surface area contributed by atoms with Crippen LogP contribution in [0.4, 0.5) is 0 Å². The lowest BCUT2D eigenvalue weighted by Crippen LogP contribution is -2.45. The van der Waals surface area contributed by atoms with Crippen molar-refractivity contribution >= 4 is 23.9 Å². The Hall–Kier alpha value is -2.57. The zero-order chi connectivity index (χ0) is 16.5. The Morgan fingerprint density at radius 1 is 1.36 bits per heavy atom. The molecule has 22 heavy (non-hydrogen) atoms. The molecule has 0 unspecified atom stereocenters. The van der Waals surface area contributed by atoms with E-state index in [1.807, 2.05) is 13.8 Å². The Labute approximate surface area is 128 Å². The van der Waals surface area contributed by atoms with Crippen LogP contribution in [0.5, 0.6) is 0 Å². The third-order valence-corrected chi connectivity index (χ3v) is 2.71. The van der Waals surface area contributed by atoms with Crippen molar-refractivity contribution in [2.45, 2.75) is 26.3 Å². The number of rotatable bonds is 8. The molecule has 7 nitrogen and oxygen atoms in total. The monoisotopic (exact) mass is 308 g/mol. The fourth-order valence-corrected chi connectivity index (χ4v) is 1.71. The van der Waals surface area contributed by atoms with Gasteiger partial charge in [0.15, 0.2) is 0 Å². The molecule has 0 spiro atoms. The van der Waals surface area contributed by atoms with Crippen LogP contribution in [0.25, 0.3) is 6.08 Å². The van der Waals surface area contributed by atoms with Gasteiger partial charge in [-0.2, -0.15) is 0 Å². The zero-order valence-corrected chi connectivity index (χ0v) is 12.5. The van der Waals surface area contributed by atoms with Crippen LogP contribution in [-0.4, -0.2) is 35.5 Å². The number of carboxylic acids is 1. The molecule has 0 aliphatic carbocycles. The molecule has 0 aliphatic rings. The van der Waals surface area contributed by atoms with Gasteiger partial charge in [-0.1, -0.05) is 13.8 Å². The molecule has 1 atom stereocenters. The van der Waals surface area contributed by atoms with E-state index in [4.69, 9.17) is 9.52 Å². The molecule has 0 aliphatic heterocycles. The summed E-state index contributed by atoms with van der Waals surface area (Å²) in [6.45, 7) is 3.44. The SMILES string of the molecule is CC(C)C[C@H](NC(=O)CNC(=O)/C=C/c1ccco1)C(=O)O. The summed E-state index contributed by atoms with van der Waals surface area (Å²) in [5.41, 5.74) is 0. The molecule has 0 aromatic carbocycles. The highest BCUT2D eigenvalue weighted by molar-refractivity contribution is 5.94. The van der Waals surface area contributed by atoms with Crippen molar-refractivity contribution in [3.8, 4) is 0 Å². The number of carboxylic acid groups (broad SMARTS) is 1. The fourth-order valence-electron chi connectivity index (χ4n) is 1.71. The van der Waals surface area contributed by atoms with E-state index in [0.717, 1.165) is 0 Å². The van der Waals surface area contributed by atoms with E-state index < -0.39 is 23.8 Å². The quantitative estimate of drug-likeness (QED) is 0.621. The van der Waals surface area contributed by atoms with Crippen LogP contribution in [0.2, 0.25) is 0 Å². The maximum atomic E-state index is 11.6. The lowest BCUT2D eigenvalue weighted by molar-refractivity contribution is -0.142. The molecular formula is C15H20N2O5. The molecule has 0 bridgehead atoms. The number of hydrogen-bond donors (Lipinski definition) is 3. The van der Waals surface area contributed by atoms with E-state index >= 15 is 0 Å². The third-order valence-electron chi connectivity index (χ3n) is 2.71. The summed E-state index contributed by atoms with van der Waals surface area (Å²) in [6, 6.07) is 2.41. The summed E-state index contributed by atoms with van der Waals surface area (Å²) in [6.07, 6.45) is 4.50. The summed E-state index contributed by atoms with van der Waals surface area (Å²) in [4.78, 5) is 34.2. The van der Waals surface area contributed by atoms with Crippen molar-refractivity contribution in [2.24, 2.45) is 5.92 Å². The minimum atomic E-state index is -1.09. The first-order valence-corrected chi connectivity index (χ1v) is 6.90. The summed E-state index contributed by atoms with van der Waals surface area (Å²) < 4.78 is 5.01. The molecule has 7 heteroatoms. The first-order chi connectivity index (χ1) is 10.4. The molecule has 2 amide bonds. The highest BCUT2D eigenvalue weighted by Gasteiger charge is 2.20. The summed E-state index contributed by atoms with van der Waals surface area (Å²) in [7, 11) is 0. The Balaban J connectivity index is 2.38. The van der Waals surface area contributed by atoms with Gasteiger partial charge in [0.2, 0.25) is 11.8 Å². The Bertz CT molecular complexity index is 534. The van der Waals surface area contributed by atoms with E-state index in [1.165, 1.54) is 18.4 Å². The first-order valence-electron chi connectivity index (χ1n) is 6.90. The number of hydrogen-bond acceptors (Lipinski definition) is 4. The highest BCUT2D eigenvalue weighted by atomic mass is 16.4. The van der Waals surface area contributed by atoms with Crippen molar-refractivity contribution in [1.82, 2.24) is 10.6 Å². The number of carbonyl (C=O) groups is 3. The smallest absolute Gasteiger partial charge is 0.326 e. The van der Waals surface area contributed by atoms with Crippen LogP contribution in [0.15, 0.2) is 28.9 Å². The van der Waals surface area contributed by atoms with Gasteiger partial charge in [-0.05, 0) is 30.5 Å². The molecule has 0 fully saturated rings. The number of furan rings is 1. The molecule has 1 rings (SSSR count). The average molecular weight is 308 g/mol. The second-order valence-electron chi connectivity index (χ2n) is 5.15. The van der Waals surface area contributed by atoms with Gasteiger partial charge in [0.1, 0.15) is 11.8 Å². The van der Waals surface area contributed by atoms with Crippen LogP contribution < -0.4 is 10.6 Å². The van der Waals surface area contributed by atoms with Crippen molar-refractivity contribution in [2.75, 3.05) is 6.54 Å². The average Bonchev–Trinajstić information content (AvgIpc) is 2.94. The van der Waals surface area contributed by atoms with E-state index in [-0.39, 0.29) is 12.5 Å². The predicted molar refractivity (Wildman–Crippen MR) is 79.8 cm³/mol. The van der Waals surface area contributed by atoms with Crippen molar-refractivity contribution in [3.05, 3.63) is 30.2 Å². The summed E-state index contributed by atoms with van der Waals surface area (Å²) >= 11 is 0. The molecule has 3 N–H and O–H groups in total. The fraction of sp³-hybridized carbons (Fsp3) is 0.400. The van der Waals surface area contributed by atoms with E-state index in [2.05, 4.69) is 10.6 Å². The van der Waals surface area contributed by atoms with Crippen LogP contribution >= 0.6 is 0 Å². The topological polar surface area (TPSA) is 109 Å². The van der Waals surface area contributed by atoms with Crippen molar-refractivity contribution < 1.29 is 23.9 Å². The van der Waals surface area contributed by atoms with Crippen LogP contribution in [0.3, 0.4) is 0 Å². The van der Waals surface area contributed by atoms with Crippen molar-refractivity contribution in [1.29, 1.82) is 0 Å². The van der Waals surface area contributed by atoms with E-state index in [9.17, 15) is 14.4 Å². The number of aliphatic carboxylic acids is 1. The zero-order valence-electron chi connectivity index (χ0n) is 12.5. The lowest BCUT2D eigenvalue weighted by Gasteiger charge is -2.16. The molecule has 0 saturated carbocycles. The van der Waals surface area contributed by atoms with Gasteiger partial charge in [0.25, 0.3) is 0 Å². The molecular weight excluding hydrogens is 288 g/mol. The molecule has 1 heterocycles. The molecule has 1 aromatic heterocycles. The number of nitrogens with one attached hydrogen (secondary N) is 2. The second-order valence-corrected chi connectivity index (χ2v) is 5.15. The minimum Gasteiger partial charge on any atom is -0.480 e. The van der Waals surface area contributed by atoms with E-state index in [0.29, 0.717) is 12.2 Å². The summed E-state index contributed by atoms with van der Waals surface area (Å²) in [5.74, 6) is -1.46. The van der Waals surface area contributed by atoms with Crippen LogP contribution in [0, 0.1) is 5.92 Å². The van der Waals surface area contributed by atoms with Crippen LogP contribution in [-0.2, 0) is 14.4 Å². The van der Waals surface area contributed by atoms with Gasteiger partial charge < -0.3 is 20.2 Å². The minimum absolute atomic E-state index is 0.132. The van der Waals surface area contributed by atoms with E-state index in [1.54, 1.807) is 12.1 Å². The third kappa shape index (κ3) is 6.74. The standard InChI is InChI=1S/C15H20N2O5/c1-10(2)8-12(15(20)21)17-14(19)9-16-13(18)6-5-11-4-3-7-22-11/h3-7,10,12H,8-9H2,1-2H3,(H,16,18)(H,17,19)(H,20,21)/b6-5+/t12-/m0/s1. The van der Waals surface area contributed by atoms with Gasteiger partial charge in [0, 0.05) is 6.08 Å². The van der Waals surface area contributed by atoms with Gasteiger partial charge in [-0.25, -0.2) is 4.79 Å². The van der Waals surface area contributed by atoms with Crippen molar-refractivity contribution in [3.63, 3.8) is 0 Å². The summed E-state index contributed by atoms with van der Waals surface area (Å²) in [5, 5.41) is 13.8. The highest BCUT2D eigenvalue weighted by Crippen LogP contribution is 2.04. The predicted octanol–water partition coefficient (Wildman–Crippen LogP) is 1.02. The Morgan fingerprint density at radius 3 is 2.64 bits per heavy atom. The maximum Gasteiger partial charge on any atom is 0.326 e. The maximum absolute atomic E-state index is 11.6. The molecule has 0 radical (unpaired) electrons. The molecule has 0 saturated heterocycles. The lowest BCUT2D eigenvalue weighted by atomic mass is 10.0. The van der Waals surface area contributed by atoms with Gasteiger partial charge >= 0.3 is 5.97 Å². The molecule has 1 aromatic rings. The normalized spacial score (nSPS) is 12.3. The van der Waals surface area contributed by atoms with Gasteiger partial charge in [-0.3, -0.25) is 9.59 Å². The second kappa shape index (κ2) is 8.66.